The molecule has 0 aromatic carbocycles. The lowest BCUT2D eigenvalue weighted by molar-refractivity contribution is 0.267. The summed E-state index contributed by atoms with van der Waals surface area (Å²) in [5.74, 6) is 0.521. The number of hydrogen-bond donors (Lipinski definition) is 3. The lowest BCUT2D eigenvalue weighted by atomic mass is 10.2. The van der Waals surface area contributed by atoms with E-state index in [0.29, 0.717) is 18.5 Å². The number of nitrogens with two attached hydrogens (primary N) is 1. The highest BCUT2D eigenvalue weighted by molar-refractivity contribution is 14.0. The molecule has 0 aliphatic carbocycles. The number of nitrogens with zero attached hydrogens (tertiary/aromatic N) is 3. The third-order valence-corrected chi connectivity index (χ3v) is 4.11. The molecule has 7 heteroatoms. The van der Waals surface area contributed by atoms with Gasteiger partial charge in [0, 0.05) is 23.8 Å². The van der Waals surface area contributed by atoms with Crippen LogP contribution in [-0.4, -0.2) is 46.7 Å². The molecule has 2 heterocycles. The first kappa shape index (κ1) is 18.2. The molecule has 120 valence electrons. The Morgan fingerprint density at radius 2 is 2.29 bits per heavy atom. The maximum absolute atomic E-state index is 5.95. The first-order valence-corrected chi connectivity index (χ1v) is 7.40. The number of guanidine groups is 1. The van der Waals surface area contributed by atoms with Crippen LogP contribution in [0.15, 0.2) is 4.99 Å². The number of hydrogen-bond acceptors (Lipinski definition) is 3. The summed E-state index contributed by atoms with van der Waals surface area (Å²) >= 11 is 0. The Morgan fingerprint density at radius 3 is 2.90 bits per heavy atom. The Labute approximate surface area is 144 Å². The molecule has 0 amide bonds. The normalized spacial score (nSPS) is 19.6. The van der Waals surface area contributed by atoms with E-state index in [1.165, 1.54) is 19.4 Å². The number of likely N-dealkylation sites (N-methyl/N-ethyl adjacent to an activating group) is 1. The third-order valence-electron chi connectivity index (χ3n) is 4.11. The molecule has 0 bridgehead atoms. The van der Waals surface area contributed by atoms with Gasteiger partial charge in [-0.05, 0) is 39.8 Å². The van der Waals surface area contributed by atoms with Gasteiger partial charge in [0.15, 0.2) is 5.96 Å². The second kappa shape index (κ2) is 8.57. The van der Waals surface area contributed by atoms with Gasteiger partial charge >= 0.3 is 0 Å². The molecule has 0 saturated carbocycles. The van der Waals surface area contributed by atoms with Crippen LogP contribution in [0.4, 0.5) is 0 Å². The smallest absolute Gasteiger partial charge is 0.188 e. The number of aromatic amines is 1. The number of aryl methyl sites for hydroxylation is 2. The van der Waals surface area contributed by atoms with Crippen LogP contribution in [0.2, 0.25) is 0 Å². The number of nitrogens with one attached hydrogen (secondary N) is 2. The molecule has 1 unspecified atom stereocenters. The molecule has 0 radical (unpaired) electrons. The van der Waals surface area contributed by atoms with Gasteiger partial charge in [0.25, 0.3) is 0 Å². The van der Waals surface area contributed by atoms with E-state index in [9.17, 15) is 0 Å². The minimum Gasteiger partial charge on any atom is -0.370 e. The topological polar surface area (TPSA) is 82.3 Å². The van der Waals surface area contributed by atoms with Crippen LogP contribution >= 0.6 is 24.0 Å². The number of aliphatic imine (C=N–C) groups is 1. The lowest BCUT2D eigenvalue weighted by Crippen LogP contribution is -2.42. The van der Waals surface area contributed by atoms with E-state index in [1.807, 2.05) is 13.8 Å². The summed E-state index contributed by atoms with van der Waals surface area (Å²) in [6.07, 6.45) is 2.53. The van der Waals surface area contributed by atoms with Crippen LogP contribution in [0.25, 0.3) is 0 Å². The maximum atomic E-state index is 5.95. The van der Waals surface area contributed by atoms with Gasteiger partial charge in [0.2, 0.25) is 0 Å². The van der Waals surface area contributed by atoms with Crippen molar-refractivity contribution >= 4 is 29.9 Å². The standard InChI is InChI=1S/C14H26N6.HI/c1-4-20-7-5-6-12(20)8-16-14(15)17-9-13-10(2)18-19-11(13)3;/h12H,4-9H2,1-3H3,(H,18,19)(H3,15,16,17);1H. The molecular weight excluding hydrogens is 379 g/mol. The minimum atomic E-state index is 0. The predicted octanol–water partition coefficient (Wildman–Crippen LogP) is 1.53. The van der Waals surface area contributed by atoms with Gasteiger partial charge in [0.05, 0.1) is 12.2 Å². The van der Waals surface area contributed by atoms with Crippen molar-refractivity contribution in [3.8, 4) is 0 Å². The summed E-state index contributed by atoms with van der Waals surface area (Å²) in [7, 11) is 0. The molecule has 1 aromatic rings. The van der Waals surface area contributed by atoms with Crippen molar-refractivity contribution in [2.75, 3.05) is 19.6 Å². The number of halogens is 1. The minimum absolute atomic E-state index is 0. The number of H-pyrrole nitrogens is 1. The van der Waals surface area contributed by atoms with E-state index in [0.717, 1.165) is 30.0 Å². The molecule has 1 saturated heterocycles. The zero-order chi connectivity index (χ0) is 14.5. The second-order valence-electron chi connectivity index (χ2n) is 5.42. The Bertz CT molecular complexity index is 451. The Balaban J connectivity index is 0.00000220. The number of aromatic nitrogens is 2. The molecule has 1 aromatic heterocycles. The summed E-state index contributed by atoms with van der Waals surface area (Å²) in [6, 6.07) is 0.589. The highest BCUT2D eigenvalue weighted by Gasteiger charge is 2.22. The van der Waals surface area contributed by atoms with Crippen molar-refractivity contribution in [3.05, 3.63) is 17.0 Å². The zero-order valence-electron chi connectivity index (χ0n) is 13.1. The van der Waals surface area contributed by atoms with E-state index in [2.05, 4.69) is 32.3 Å². The molecule has 1 aliphatic rings. The molecule has 4 N–H and O–H groups in total. The summed E-state index contributed by atoms with van der Waals surface area (Å²) in [6.45, 7) is 9.97. The quantitative estimate of drug-likeness (QED) is 0.394. The van der Waals surface area contributed by atoms with Gasteiger partial charge in [-0.25, -0.2) is 4.99 Å². The summed E-state index contributed by atoms with van der Waals surface area (Å²) < 4.78 is 0. The van der Waals surface area contributed by atoms with Crippen molar-refractivity contribution in [2.45, 2.75) is 46.2 Å². The van der Waals surface area contributed by atoms with Crippen LogP contribution in [0.5, 0.6) is 0 Å². The van der Waals surface area contributed by atoms with Crippen LogP contribution in [0.3, 0.4) is 0 Å². The van der Waals surface area contributed by atoms with Gasteiger partial charge in [-0.1, -0.05) is 6.92 Å². The van der Waals surface area contributed by atoms with Crippen LogP contribution in [0.1, 0.15) is 36.7 Å². The van der Waals surface area contributed by atoms with Gasteiger partial charge in [-0.2, -0.15) is 5.10 Å². The first-order valence-electron chi connectivity index (χ1n) is 7.40. The third kappa shape index (κ3) is 4.84. The largest absolute Gasteiger partial charge is 0.370 e. The Hall–Kier alpha value is -0.830. The SMILES string of the molecule is CCN1CCCC1CNC(N)=NCc1c(C)n[nH]c1C.I. The summed E-state index contributed by atoms with van der Waals surface area (Å²) in [5.41, 5.74) is 9.13. The molecule has 6 nitrogen and oxygen atoms in total. The van der Waals surface area contributed by atoms with Gasteiger partial charge < -0.3 is 11.1 Å². The zero-order valence-corrected chi connectivity index (χ0v) is 15.5. The van der Waals surface area contributed by atoms with E-state index in [1.54, 1.807) is 0 Å². The van der Waals surface area contributed by atoms with Crippen molar-refractivity contribution < 1.29 is 0 Å². The number of rotatable bonds is 5. The highest BCUT2D eigenvalue weighted by Crippen LogP contribution is 2.15. The van der Waals surface area contributed by atoms with Crippen molar-refractivity contribution in [3.63, 3.8) is 0 Å². The molecule has 21 heavy (non-hydrogen) atoms. The maximum Gasteiger partial charge on any atom is 0.188 e. The van der Waals surface area contributed by atoms with Gasteiger partial charge in [-0.3, -0.25) is 10.00 Å². The van der Waals surface area contributed by atoms with E-state index in [4.69, 9.17) is 5.73 Å². The highest BCUT2D eigenvalue weighted by atomic mass is 127. The van der Waals surface area contributed by atoms with Gasteiger partial charge in [-0.15, -0.1) is 24.0 Å². The molecule has 1 atom stereocenters. The van der Waals surface area contributed by atoms with Crippen molar-refractivity contribution in [1.29, 1.82) is 0 Å². The predicted molar refractivity (Wildman–Crippen MR) is 97.1 cm³/mol. The van der Waals surface area contributed by atoms with E-state index < -0.39 is 0 Å². The van der Waals surface area contributed by atoms with Crippen LogP contribution in [-0.2, 0) is 6.54 Å². The molecule has 2 rings (SSSR count). The lowest BCUT2D eigenvalue weighted by Gasteiger charge is -2.23. The first-order chi connectivity index (χ1) is 9.61. The Kier molecular flexibility index (Phi) is 7.44. The molecule has 1 aliphatic heterocycles. The van der Waals surface area contributed by atoms with E-state index >= 15 is 0 Å². The summed E-state index contributed by atoms with van der Waals surface area (Å²) in [5, 5.41) is 10.4. The van der Waals surface area contributed by atoms with Crippen molar-refractivity contribution in [2.24, 2.45) is 10.7 Å². The van der Waals surface area contributed by atoms with Crippen LogP contribution in [0, 0.1) is 13.8 Å². The van der Waals surface area contributed by atoms with E-state index in [-0.39, 0.29) is 24.0 Å². The monoisotopic (exact) mass is 406 g/mol. The fraction of sp³-hybridized carbons (Fsp3) is 0.714. The summed E-state index contributed by atoms with van der Waals surface area (Å²) in [4.78, 5) is 6.90. The van der Waals surface area contributed by atoms with Crippen molar-refractivity contribution in [1.82, 2.24) is 20.4 Å². The fourth-order valence-electron chi connectivity index (χ4n) is 2.79. The molecule has 1 fully saturated rings. The molecular formula is C14H27IN6. The average Bonchev–Trinajstić information content (AvgIpc) is 3.01. The molecule has 0 spiro atoms. The average molecular weight is 406 g/mol. The van der Waals surface area contributed by atoms with Crippen LogP contribution < -0.4 is 11.1 Å². The number of likely N-dealkylation sites (tertiary alicyclic amines) is 1. The Morgan fingerprint density at radius 1 is 1.52 bits per heavy atom. The van der Waals surface area contributed by atoms with Gasteiger partial charge in [0.1, 0.15) is 0 Å². The second-order valence-corrected chi connectivity index (χ2v) is 5.42. The fourth-order valence-corrected chi connectivity index (χ4v) is 2.79.